The molecule has 0 aromatic carbocycles. The van der Waals surface area contributed by atoms with Crippen LogP contribution in [0.5, 0.6) is 0 Å². The maximum Gasteiger partial charge on any atom is 0.253 e. The van der Waals surface area contributed by atoms with Crippen LogP contribution in [0.3, 0.4) is 0 Å². The van der Waals surface area contributed by atoms with Crippen LogP contribution in [0.4, 0.5) is 0 Å². The van der Waals surface area contributed by atoms with Gasteiger partial charge in [0, 0.05) is 18.0 Å². The zero-order valence-corrected chi connectivity index (χ0v) is 12.3. The number of furan rings is 1. The van der Waals surface area contributed by atoms with Gasteiger partial charge in [-0.05, 0) is 24.3 Å². The number of aromatic nitrogens is 3. The Labute approximate surface area is 132 Å². The van der Waals surface area contributed by atoms with Crippen molar-refractivity contribution in [2.24, 2.45) is 0 Å². The fraction of sp³-hybridized carbons (Fsp3) is 0.188. The standard InChI is InChI=1S/C16H16N4O3/c21-6-5-20-11-13(9-19-20)15-4-3-12(8-17-15)16(22)18-10-14-2-1-7-23-14/h1-4,7-9,11,21H,5-6,10H2,(H,18,22). The monoisotopic (exact) mass is 312 g/mol. The van der Waals surface area contributed by atoms with Gasteiger partial charge in [0.2, 0.25) is 0 Å². The number of hydrogen-bond donors (Lipinski definition) is 2. The Hall–Kier alpha value is -2.93. The van der Waals surface area contributed by atoms with Gasteiger partial charge in [0.25, 0.3) is 5.91 Å². The van der Waals surface area contributed by atoms with Crippen molar-refractivity contribution in [1.29, 1.82) is 0 Å². The van der Waals surface area contributed by atoms with E-state index in [0.29, 0.717) is 24.4 Å². The first-order valence-corrected chi connectivity index (χ1v) is 7.16. The Balaban J connectivity index is 1.64. The molecule has 0 fully saturated rings. The van der Waals surface area contributed by atoms with Gasteiger partial charge < -0.3 is 14.8 Å². The van der Waals surface area contributed by atoms with Gasteiger partial charge in [0.1, 0.15) is 5.76 Å². The minimum atomic E-state index is -0.212. The number of nitrogens with zero attached hydrogens (tertiary/aromatic N) is 3. The molecule has 23 heavy (non-hydrogen) atoms. The number of carbonyl (C=O) groups excluding carboxylic acids is 1. The fourth-order valence-corrected chi connectivity index (χ4v) is 2.10. The number of hydrogen-bond acceptors (Lipinski definition) is 5. The van der Waals surface area contributed by atoms with Gasteiger partial charge in [-0.25, -0.2) is 0 Å². The molecule has 3 aromatic rings. The number of pyridine rings is 1. The predicted octanol–water partition coefficient (Wildman–Crippen LogP) is 1.46. The van der Waals surface area contributed by atoms with E-state index in [2.05, 4.69) is 15.4 Å². The number of aliphatic hydroxyl groups is 1. The van der Waals surface area contributed by atoms with Gasteiger partial charge in [-0.1, -0.05) is 0 Å². The van der Waals surface area contributed by atoms with Crippen molar-refractivity contribution in [3.05, 3.63) is 60.4 Å². The van der Waals surface area contributed by atoms with E-state index >= 15 is 0 Å². The van der Waals surface area contributed by atoms with Crippen molar-refractivity contribution in [1.82, 2.24) is 20.1 Å². The molecule has 0 bridgehead atoms. The first kappa shape index (κ1) is 15.0. The summed E-state index contributed by atoms with van der Waals surface area (Å²) in [4.78, 5) is 16.3. The molecule has 0 aliphatic carbocycles. The number of carbonyl (C=O) groups is 1. The molecule has 0 aliphatic rings. The SMILES string of the molecule is O=C(NCc1ccco1)c1ccc(-c2cnn(CCO)c2)nc1. The van der Waals surface area contributed by atoms with Crippen LogP contribution >= 0.6 is 0 Å². The predicted molar refractivity (Wildman–Crippen MR) is 82.4 cm³/mol. The van der Waals surface area contributed by atoms with Gasteiger partial charge in [0.15, 0.2) is 0 Å². The molecule has 0 spiro atoms. The number of nitrogens with one attached hydrogen (secondary N) is 1. The molecule has 0 atom stereocenters. The molecule has 3 aromatic heterocycles. The van der Waals surface area contributed by atoms with Crippen molar-refractivity contribution in [3.63, 3.8) is 0 Å². The van der Waals surface area contributed by atoms with E-state index < -0.39 is 0 Å². The quantitative estimate of drug-likeness (QED) is 0.719. The van der Waals surface area contributed by atoms with Crippen LogP contribution in [0.15, 0.2) is 53.5 Å². The summed E-state index contributed by atoms with van der Waals surface area (Å²) in [6, 6.07) is 7.05. The van der Waals surface area contributed by atoms with Gasteiger partial charge in [-0.2, -0.15) is 5.10 Å². The van der Waals surface area contributed by atoms with Gasteiger partial charge >= 0.3 is 0 Å². The molecule has 0 unspecified atom stereocenters. The maximum atomic E-state index is 12.0. The Bertz CT molecular complexity index is 763. The molecular formula is C16H16N4O3. The molecule has 1 amide bonds. The van der Waals surface area contributed by atoms with Crippen LogP contribution in [0.1, 0.15) is 16.1 Å². The topological polar surface area (TPSA) is 93.2 Å². The van der Waals surface area contributed by atoms with Crippen LogP contribution in [-0.4, -0.2) is 32.4 Å². The zero-order chi connectivity index (χ0) is 16.1. The van der Waals surface area contributed by atoms with Crippen molar-refractivity contribution in [2.75, 3.05) is 6.61 Å². The van der Waals surface area contributed by atoms with Crippen molar-refractivity contribution >= 4 is 5.91 Å². The Morgan fingerprint density at radius 2 is 2.22 bits per heavy atom. The number of aliphatic hydroxyl groups excluding tert-OH is 1. The van der Waals surface area contributed by atoms with Gasteiger partial charge in [0.05, 0.1) is 43.4 Å². The highest BCUT2D eigenvalue weighted by Crippen LogP contribution is 2.16. The largest absolute Gasteiger partial charge is 0.467 e. The Morgan fingerprint density at radius 1 is 1.30 bits per heavy atom. The van der Waals surface area contributed by atoms with Crippen LogP contribution < -0.4 is 5.32 Å². The number of rotatable bonds is 6. The third-order valence-corrected chi connectivity index (χ3v) is 3.29. The highest BCUT2D eigenvalue weighted by atomic mass is 16.3. The summed E-state index contributed by atoms with van der Waals surface area (Å²) in [6.45, 7) is 0.804. The van der Waals surface area contributed by atoms with Gasteiger partial charge in [-0.3, -0.25) is 14.5 Å². The lowest BCUT2D eigenvalue weighted by atomic mass is 10.2. The van der Waals surface area contributed by atoms with Crippen molar-refractivity contribution in [2.45, 2.75) is 13.1 Å². The van der Waals surface area contributed by atoms with Crippen molar-refractivity contribution < 1.29 is 14.3 Å². The lowest BCUT2D eigenvalue weighted by Gasteiger charge is -2.04. The molecule has 0 aliphatic heterocycles. The minimum Gasteiger partial charge on any atom is -0.467 e. The molecule has 7 nitrogen and oxygen atoms in total. The summed E-state index contributed by atoms with van der Waals surface area (Å²) in [5.74, 6) is 0.482. The smallest absolute Gasteiger partial charge is 0.253 e. The van der Waals surface area contributed by atoms with Crippen LogP contribution in [0.25, 0.3) is 11.3 Å². The molecule has 3 rings (SSSR count). The van der Waals surface area contributed by atoms with Crippen LogP contribution in [-0.2, 0) is 13.1 Å². The summed E-state index contributed by atoms with van der Waals surface area (Å²) in [5.41, 5.74) is 2.03. The van der Waals surface area contributed by atoms with Crippen LogP contribution in [0.2, 0.25) is 0 Å². The van der Waals surface area contributed by atoms with E-state index in [4.69, 9.17) is 9.52 Å². The van der Waals surface area contributed by atoms with E-state index in [1.165, 1.54) is 6.20 Å². The van der Waals surface area contributed by atoms with E-state index in [-0.39, 0.29) is 12.5 Å². The minimum absolute atomic E-state index is 0.0311. The second-order valence-corrected chi connectivity index (χ2v) is 4.91. The summed E-state index contributed by atoms with van der Waals surface area (Å²) < 4.78 is 6.80. The average molecular weight is 312 g/mol. The summed E-state index contributed by atoms with van der Waals surface area (Å²) >= 11 is 0. The summed E-state index contributed by atoms with van der Waals surface area (Å²) in [5, 5.41) is 15.8. The number of amides is 1. The lowest BCUT2D eigenvalue weighted by Crippen LogP contribution is -2.22. The van der Waals surface area contributed by atoms with E-state index in [9.17, 15) is 4.79 Å². The molecule has 7 heteroatoms. The highest BCUT2D eigenvalue weighted by molar-refractivity contribution is 5.94. The molecule has 118 valence electrons. The molecular weight excluding hydrogens is 296 g/mol. The Kier molecular flexibility index (Phi) is 4.49. The second-order valence-electron chi connectivity index (χ2n) is 4.91. The van der Waals surface area contributed by atoms with Crippen molar-refractivity contribution in [3.8, 4) is 11.3 Å². The molecule has 0 radical (unpaired) electrons. The third-order valence-electron chi connectivity index (χ3n) is 3.29. The average Bonchev–Trinajstić information content (AvgIpc) is 3.25. The second kappa shape index (κ2) is 6.89. The van der Waals surface area contributed by atoms with E-state index in [1.54, 1.807) is 47.6 Å². The molecule has 0 saturated heterocycles. The van der Waals surface area contributed by atoms with E-state index in [0.717, 1.165) is 11.3 Å². The Morgan fingerprint density at radius 3 is 2.91 bits per heavy atom. The third kappa shape index (κ3) is 3.64. The highest BCUT2D eigenvalue weighted by Gasteiger charge is 2.08. The normalized spacial score (nSPS) is 10.7. The first-order valence-electron chi connectivity index (χ1n) is 7.16. The maximum absolute atomic E-state index is 12.0. The van der Waals surface area contributed by atoms with Gasteiger partial charge in [-0.15, -0.1) is 0 Å². The lowest BCUT2D eigenvalue weighted by molar-refractivity contribution is 0.0947. The van der Waals surface area contributed by atoms with E-state index in [1.807, 2.05) is 0 Å². The zero-order valence-electron chi connectivity index (χ0n) is 12.3. The first-order chi connectivity index (χ1) is 11.3. The molecule has 2 N–H and O–H groups in total. The molecule has 3 heterocycles. The summed E-state index contributed by atoms with van der Waals surface area (Å²) in [7, 11) is 0. The van der Waals surface area contributed by atoms with Crippen LogP contribution in [0, 0.1) is 0 Å². The molecule has 0 saturated carbocycles. The fourth-order valence-electron chi connectivity index (χ4n) is 2.10. The summed E-state index contributed by atoms with van der Waals surface area (Å²) in [6.07, 6.45) is 6.56.